The molecule has 1 heterocycles. The van der Waals surface area contributed by atoms with E-state index < -0.39 is 0 Å². The average Bonchev–Trinajstić information content (AvgIpc) is 3.68. The fraction of sp³-hybridized carbons (Fsp3) is 0.100. The number of allylic oxidation sites excluding steroid dienone is 2. The lowest BCUT2D eigenvalue weighted by Gasteiger charge is -2.19. The van der Waals surface area contributed by atoms with E-state index in [2.05, 4.69) is 209 Å². The number of hydrogen-bond acceptors (Lipinski definition) is 1. The smallest absolute Gasteiger partial charge is 0.135 e. The van der Waals surface area contributed by atoms with E-state index in [4.69, 9.17) is 4.42 Å². The fourth-order valence-corrected chi connectivity index (χ4v) is 9.16. The van der Waals surface area contributed by atoms with E-state index in [1.807, 2.05) is 12.1 Å². The van der Waals surface area contributed by atoms with Gasteiger partial charge in [0, 0.05) is 10.8 Å². The van der Waals surface area contributed by atoms with Gasteiger partial charge in [0.05, 0.1) is 0 Å². The molecule has 0 unspecified atom stereocenters. The van der Waals surface area contributed by atoms with Crippen molar-refractivity contribution in [3.05, 3.63) is 216 Å². The van der Waals surface area contributed by atoms with E-state index in [-0.39, 0.29) is 0 Å². The first kappa shape index (κ1) is 38.0. The van der Waals surface area contributed by atoms with E-state index in [0.717, 1.165) is 28.4 Å². The predicted molar refractivity (Wildman–Crippen MR) is 263 cm³/mol. The molecule has 0 saturated carbocycles. The van der Waals surface area contributed by atoms with Crippen LogP contribution in [0.5, 0.6) is 0 Å². The van der Waals surface area contributed by atoms with Crippen molar-refractivity contribution in [2.45, 2.75) is 40.0 Å². The third-order valence-corrected chi connectivity index (χ3v) is 12.3. The van der Waals surface area contributed by atoms with E-state index in [9.17, 15) is 0 Å². The Balaban J connectivity index is 0.000000389. The average molecular weight is 785 g/mol. The van der Waals surface area contributed by atoms with Gasteiger partial charge < -0.3 is 4.42 Å². The lowest BCUT2D eigenvalue weighted by Crippen LogP contribution is -1.92. The molecule has 11 rings (SSSR count). The molecule has 0 spiro atoms. The maximum Gasteiger partial charge on any atom is 0.135 e. The van der Waals surface area contributed by atoms with Crippen molar-refractivity contribution in [2.24, 2.45) is 0 Å². The summed E-state index contributed by atoms with van der Waals surface area (Å²) in [6.07, 6.45) is 12.4. The molecule has 294 valence electrons. The highest BCUT2D eigenvalue weighted by molar-refractivity contribution is 6.22. The quantitative estimate of drug-likeness (QED) is 0.153. The van der Waals surface area contributed by atoms with Crippen LogP contribution in [0, 0.1) is 13.8 Å². The van der Waals surface area contributed by atoms with Crippen LogP contribution in [0.3, 0.4) is 0 Å². The lowest BCUT2D eigenvalue weighted by atomic mass is 9.84. The van der Waals surface area contributed by atoms with Crippen molar-refractivity contribution in [3.63, 3.8) is 0 Å². The number of rotatable bonds is 6. The number of fused-ring (bicyclic) bond motifs is 6. The van der Waals surface area contributed by atoms with Crippen LogP contribution in [0.2, 0.25) is 0 Å². The molecular weight excluding hydrogens is 737 g/mol. The van der Waals surface area contributed by atoms with Gasteiger partial charge in [0.15, 0.2) is 0 Å². The summed E-state index contributed by atoms with van der Waals surface area (Å²) in [7, 11) is 0. The molecule has 0 atom stereocenters. The Kier molecular flexibility index (Phi) is 10.2. The Hall–Kier alpha value is -7.22. The third-order valence-electron chi connectivity index (χ3n) is 12.3. The van der Waals surface area contributed by atoms with Gasteiger partial charge in [0.25, 0.3) is 0 Å². The lowest BCUT2D eigenvalue weighted by molar-refractivity contribution is 0.669. The summed E-state index contributed by atoms with van der Waals surface area (Å²) >= 11 is 0. The van der Waals surface area contributed by atoms with Gasteiger partial charge in [-0.05, 0) is 158 Å². The molecule has 0 bridgehead atoms. The standard InChI is InChI=1S/C50H38O.C10H10/c1-4-5-13-34-28-36(22-21-33(34)3)35-14-11-16-40(29-35)49-42-18-6-7-19-43(42)50(39-15-10-12-32(2)27-39)46-31-37(23-25-44(46)49)38-24-26-48-45(30-38)41-17-8-9-20-47(41)51-48;1-2-6-10-8-4-3-7-9(10)5-1/h5-31H,4H2,1-3H3;1-3,5-7H,4,8H2/b13-5-;. The van der Waals surface area contributed by atoms with Crippen LogP contribution in [-0.2, 0) is 6.42 Å². The topological polar surface area (TPSA) is 13.1 Å². The molecule has 1 heteroatoms. The van der Waals surface area contributed by atoms with Crippen molar-refractivity contribution < 1.29 is 4.42 Å². The molecule has 61 heavy (non-hydrogen) atoms. The highest BCUT2D eigenvalue weighted by Crippen LogP contribution is 2.46. The number of benzene rings is 9. The summed E-state index contributed by atoms with van der Waals surface area (Å²) in [6, 6.07) is 64.3. The predicted octanol–water partition coefficient (Wildman–Crippen LogP) is 17.2. The zero-order chi connectivity index (χ0) is 41.3. The largest absolute Gasteiger partial charge is 0.456 e. The SMILES string of the molecule is C1=Cc2ccccc2CC1.CC/C=C\c1cc(-c2cccc(-c3c4ccccc4c(-c4cccc(C)c4)c4cc(-c5ccc6oc7ccccc7c6c5)ccc34)c2)ccc1C. The second-order valence-electron chi connectivity index (χ2n) is 16.3. The van der Waals surface area contributed by atoms with Crippen LogP contribution in [0.1, 0.15) is 47.6 Å². The van der Waals surface area contributed by atoms with Crippen LogP contribution in [0.25, 0.3) is 100 Å². The fourth-order valence-electron chi connectivity index (χ4n) is 9.16. The van der Waals surface area contributed by atoms with Gasteiger partial charge in [-0.25, -0.2) is 0 Å². The van der Waals surface area contributed by atoms with Crippen molar-refractivity contribution >= 4 is 55.6 Å². The Morgan fingerprint density at radius 3 is 1.89 bits per heavy atom. The summed E-state index contributed by atoms with van der Waals surface area (Å²) < 4.78 is 6.18. The Morgan fingerprint density at radius 2 is 1.08 bits per heavy atom. The maximum absolute atomic E-state index is 6.18. The highest BCUT2D eigenvalue weighted by Gasteiger charge is 2.19. The minimum absolute atomic E-state index is 0.913. The molecule has 1 nitrogen and oxygen atoms in total. The molecule has 10 aromatic rings. The first-order chi connectivity index (χ1) is 30.0. The van der Waals surface area contributed by atoms with Crippen LogP contribution < -0.4 is 0 Å². The van der Waals surface area contributed by atoms with Crippen molar-refractivity contribution in [2.75, 3.05) is 0 Å². The Morgan fingerprint density at radius 1 is 0.475 bits per heavy atom. The third kappa shape index (κ3) is 7.38. The molecule has 1 aliphatic rings. The van der Waals surface area contributed by atoms with Gasteiger partial charge in [-0.2, -0.15) is 0 Å². The Labute approximate surface area is 359 Å². The molecule has 1 aromatic heterocycles. The van der Waals surface area contributed by atoms with Crippen LogP contribution >= 0.6 is 0 Å². The summed E-state index contributed by atoms with van der Waals surface area (Å²) in [4.78, 5) is 0. The highest BCUT2D eigenvalue weighted by atomic mass is 16.3. The van der Waals surface area contributed by atoms with Crippen LogP contribution in [0.15, 0.2) is 192 Å². The molecule has 0 radical (unpaired) electrons. The normalized spacial score (nSPS) is 12.3. The van der Waals surface area contributed by atoms with Crippen molar-refractivity contribution in [1.82, 2.24) is 0 Å². The maximum atomic E-state index is 6.18. The van der Waals surface area contributed by atoms with Crippen molar-refractivity contribution in [1.29, 1.82) is 0 Å². The van der Waals surface area contributed by atoms with Crippen molar-refractivity contribution in [3.8, 4) is 44.5 Å². The van der Waals surface area contributed by atoms with Gasteiger partial charge in [-0.3, -0.25) is 0 Å². The van der Waals surface area contributed by atoms with Gasteiger partial charge in [0.1, 0.15) is 11.2 Å². The second-order valence-corrected chi connectivity index (χ2v) is 16.3. The first-order valence-corrected chi connectivity index (χ1v) is 21.6. The minimum Gasteiger partial charge on any atom is -0.456 e. The minimum atomic E-state index is 0.913. The number of hydrogen-bond donors (Lipinski definition) is 0. The first-order valence-electron chi connectivity index (χ1n) is 21.6. The summed E-state index contributed by atoms with van der Waals surface area (Å²) in [5.41, 5.74) is 18.3. The molecule has 0 saturated heterocycles. The van der Waals surface area contributed by atoms with E-state index in [1.54, 1.807) is 0 Å². The monoisotopic (exact) mass is 784 g/mol. The zero-order valence-electron chi connectivity index (χ0n) is 35.1. The molecule has 1 aliphatic carbocycles. The summed E-state index contributed by atoms with van der Waals surface area (Å²) in [6.45, 7) is 6.55. The van der Waals surface area contributed by atoms with Gasteiger partial charge >= 0.3 is 0 Å². The molecule has 0 amide bonds. The van der Waals surface area contributed by atoms with Gasteiger partial charge in [-0.15, -0.1) is 0 Å². The second kappa shape index (κ2) is 16.4. The molecule has 0 fully saturated rings. The van der Waals surface area contributed by atoms with Crippen LogP contribution in [-0.4, -0.2) is 0 Å². The Bertz CT molecular complexity index is 3320. The van der Waals surface area contributed by atoms with Gasteiger partial charge in [0.2, 0.25) is 0 Å². The number of furan rings is 1. The van der Waals surface area contributed by atoms with E-state index >= 15 is 0 Å². The molecular formula is C60H48O. The van der Waals surface area contributed by atoms with E-state index in [0.29, 0.717) is 0 Å². The number of aryl methyl sites for hydroxylation is 3. The van der Waals surface area contributed by atoms with E-state index in [1.165, 1.54) is 107 Å². The van der Waals surface area contributed by atoms with Gasteiger partial charge in [-0.1, -0.05) is 176 Å². The summed E-state index contributed by atoms with van der Waals surface area (Å²) in [5.74, 6) is 0. The molecule has 0 aliphatic heterocycles. The summed E-state index contributed by atoms with van der Waals surface area (Å²) in [5, 5.41) is 7.29. The molecule has 0 N–H and O–H groups in total. The zero-order valence-corrected chi connectivity index (χ0v) is 35.1. The van der Waals surface area contributed by atoms with Crippen LogP contribution in [0.4, 0.5) is 0 Å². The molecule has 9 aromatic carbocycles. The number of para-hydroxylation sites is 1.